The summed E-state index contributed by atoms with van der Waals surface area (Å²) in [5.74, 6) is 0.636. The molecule has 3 rings (SSSR count). The normalized spacial score (nSPS) is 16.4. The Hall–Kier alpha value is -1.63. The maximum absolute atomic E-state index is 11.9. The van der Waals surface area contributed by atoms with Crippen LogP contribution in [-0.4, -0.2) is 36.8 Å². The van der Waals surface area contributed by atoms with Crippen LogP contribution in [0.4, 0.5) is 0 Å². The average molecular weight is 291 g/mol. The summed E-state index contributed by atoms with van der Waals surface area (Å²) in [6, 6.07) is 2.34. The van der Waals surface area contributed by atoms with E-state index < -0.39 is 0 Å². The van der Waals surface area contributed by atoms with Crippen LogP contribution in [-0.2, 0) is 4.79 Å². The van der Waals surface area contributed by atoms with Crippen molar-refractivity contribution in [2.75, 3.05) is 0 Å². The van der Waals surface area contributed by atoms with Crippen LogP contribution >= 0.6 is 11.8 Å². The van der Waals surface area contributed by atoms with Gasteiger partial charge in [-0.2, -0.15) is 4.98 Å². The standard InChI is InChI=1S/C13H17N5OS/c1-7-6-8(2)18-12(14-7)16-13(17-18)20-9(3)11(19)15-10-4-5-10/h6,9-10H,4-5H2,1-3H3,(H,15,19)/t9-/m0/s1. The minimum absolute atomic E-state index is 0.0530. The van der Waals surface area contributed by atoms with Gasteiger partial charge in [0.15, 0.2) is 0 Å². The van der Waals surface area contributed by atoms with Gasteiger partial charge < -0.3 is 5.32 Å². The molecule has 2 aromatic rings. The molecule has 1 atom stereocenters. The second-order valence-electron chi connectivity index (χ2n) is 5.19. The number of nitrogens with one attached hydrogen (secondary N) is 1. The van der Waals surface area contributed by atoms with Gasteiger partial charge in [-0.25, -0.2) is 9.50 Å². The van der Waals surface area contributed by atoms with Crippen molar-refractivity contribution in [3.05, 3.63) is 17.5 Å². The number of fused-ring (bicyclic) bond motifs is 1. The molecule has 2 aromatic heterocycles. The SMILES string of the molecule is Cc1cc(C)n2nc(S[C@@H](C)C(=O)NC3CC3)nc2n1. The summed E-state index contributed by atoms with van der Waals surface area (Å²) < 4.78 is 1.71. The number of hydrogen-bond donors (Lipinski definition) is 1. The second kappa shape index (κ2) is 5.05. The predicted molar refractivity (Wildman–Crippen MR) is 76.7 cm³/mol. The molecule has 2 heterocycles. The molecule has 1 aliphatic carbocycles. The van der Waals surface area contributed by atoms with Gasteiger partial charge in [0.2, 0.25) is 11.1 Å². The summed E-state index contributed by atoms with van der Waals surface area (Å²) in [6.07, 6.45) is 2.19. The molecule has 0 unspecified atom stereocenters. The van der Waals surface area contributed by atoms with Gasteiger partial charge in [0.1, 0.15) is 0 Å². The number of aromatic nitrogens is 4. The zero-order valence-corrected chi connectivity index (χ0v) is 12.6. The molecule has 0 spiro atoms. The molecule has 1 amide bonds. The minimum atomic E-state index is -0.200. The van der Waals surface area contributed by atoms with E-state index in [0.717, 1.165) is 24.2 Å². The van der Waals surface area contributed by atoms with E-state index in [4.69, 9.17) is 0 Å². The predicted octanol–water partition coefficient (Wildman–Crippen LogP) is 1.50. The zero-order chi connectivity index (χ0) is 14.3. The summed E-state index contributed by atoms with van der Waals surface area (Å²) >= 11 is 1.37. The van der Waals surface area contributed by atoms with Crippen LogP contribution in [0.3, 0.4) is 0 Å². The van der Waals surface area contributed by atoms with Crippen molar-refractivity contribution in [3.63, 3.8) is 0 Å². The Morgan fingerprint density at radius 3 is 2.90 bits per heavy atom. The highest BCUT2D eigenvalue weighted by Gasteiger charge is 2.26. The third kappa shape index (κ3) is 2.77. The van der Waals surface area contributed by atoms with Crippen LogP contribution < -0.4 is 5.32 Å². The number of carbonyl (C=O) groups is 1. The second-order valence-corrected chi connectivity index (χ2v) is 6.50. The van der Waals surface area contributed by atoms with Crippen molar-refractivity contribution in [1.82, 2.24) is 24.9 Å². The Kier molecular flexibility index (Phi) is 3.37. The number of rotatable bonds is 4. The van der Waals surface area contributed by atoms with Crippen molar-refractivity contribution in [2.45, 2.75) is 50.1 Å². The van der Waals surface area contributed by atoms with Gasteiger partial charge >= 0.3 is 0 Å². The van der Waals surface area contributed by atoms with Gasteiger partial charge in [0.25, 0.3) is 5.78 Å². The lowest BCUT2D eigenvalue weighted by Gasteiger charge is -2.08. The Bertz CT molecular complexity index is 664. The van der Waals surface area contributed by atoms with E-state index in [-0.39, 0.29) is 11.2 Å². The molecular weight excluding hydrogens is 274 g/mol. The molecule has 0 radical (unpaired) electrons. The first-order chi connectivity index (χ1) is 9.52. The number of carbonyl (C=O) groups excluding carboxylic acids is 1. The third-order valence-corrected chi connectivity index (χ3v) is 4.13. The maximum Gasteiger partial charge on any atom is 0.253 e. The first-order valence-corrected chi connectivity index (χ1v) is 7.59. The van der Waals surface area contributed by atoms with Gasteiger partial charge in [0, 0.05) is 17.4 Å². The molecule has 1 saturated carbocycles. The van der Waals surface area contributed by atoms with E-state index in [1.54, 1.807) is 4.52 Å². The summed E-state index contributed by atoms with van der Waals surface area (Å²) in [5, 5.41) is 7.77. The van der Waals surface area contributed by atoms with E-state index in [9.17, 15) is 4.79 Å². The van der Waals surface area contributed by atoms with E-state index in [2.05, 4.69) is 20.4 Å². The molecule has 1 N–H and O–H groups in total. The smallest absolute Gasteiger partial charge is 0.253 e. The van der Waals surface area contributed by atoms with E-state index in [1.165, 1.54) is 11.8 Å². The van der Waals surface area contributed by atoms with Crippen LogP contribution in [0.2, 0.25) is 0 Å². The molecule has 7 heteroatoms. The lowest BCUT2D eigenvalue weighted by molar-refractivity contribution is -0.120. The van der Waals surface area contributed by atoms with Crippen LogP contribution in [0.15, 0.2) is 11.2 Å². The molecule has 0 aromatic carbocycles. The summed E-state index contributed by atoms with van der Waals surface area (Å²) in [6.45, 7) is 5.77. The van der Waals surface area contributed by atoms with Gasteiger partial charge in [-0.3, -0.25) is 4.79 Å². The summed E-state index contributed by atoms with van der Waals surface area (Å²) in [7, 11) is 0. The first-order valence-electron chi connectivity index (χ1n) is 6.71. The van der Waals surface area contributed by atoms with E-state index in [0.29, 0.717) is 17.0 Å². The van der Waals surface area contributed by atoms with Crippen molar-refractivity contribution in [3.8, 4) is 0 Å². The van der Waals surface area contributed by atoms with Crippen LogP contribution in [0, 0.1) is 13.8 Å². The molecular formula is C13H17N5OS. The van der Waals surface area contributed by atoms with Gasteiger partial charge in [-0.1, -0.05) is 11.8 Å². The number of hydrogen-bond acceptors (Lipinski definition) is 5. The third-order valence-electron chi connectivity index (χ3n) is 3.17. The Morgan fingerprint density at radius 2 is 2.20 bits per heavy atom. The largest absolute Gasteiger partial charge is 0.352 e. The zero-order valence-electron chi connectivity index (χ0n) is 11.8. The van der Waals surface area contributed by atoms with Crippen molar-refractivity contribution >= 4 is 23.4 Å². The van der Waals surface area contributed by atoms with E-state index in [1.807, 2.05) is 26.8 Å². The molecule has 106 valence electrons. The van der Waals surface area contributed by atoms with Crippen LogP contribution in [0.25, 0.3) is 5.78 Å². The Labute approximate surface area is 121 Å². The van der Waals surface area contributed by atoms with Gasteiger partial charge in [0.05, 0.1) is 5.25 Å². The molecule has 20 heavy (non-hydrogen) atoms. The molecule has 6 nitrogen and oxygen atoms in total. The molecule has 0 saturated heterocycles. The fourth-order valence-electron chi connectivity index (χ4n) is 1.96. The van der Waals surface area contributed by atoms with Crippen molar-refractivity contribution in [1.29, 1.82) is 0 Å². The highest BCUT2D eigenvalue weighted by atomic mass is 32.2. The van der Waals surface area contributed by atoms with Crippen LogP contribution in [0.1, 0.15) is 31.2 Å². The maximum atomic E-state index is 11.9. The lowest BCUT2D eigenvalue weighted by Crippen LogP contribution is -2.32. The van der Waals surface area contributed by atoms with Gasteiger partial charge in [-0.05, 0) is 39.7 Å². The minimum Gasteiger partial charge on any atom is -0.352 e. The van der Waals surface area contributed by atoms with Crippen molar-refractivity contribution in [2.24, 2.45) is 0 Å². The molecule has 0 bridgehead atoms. The summed E-state index contributed by atoms with van der Waals surface area (Å²) in [4.78, 5) is 20.6. The average Bonchev–Trinajstić information content (AvgIpc) is 3.08. The number of amides is 1. The summed E-state index contributed by atoms with van der Waals surface area (Å²) in [5.41, 5.74) is 1.90. The fourth-order valence-corrected chi connectivity index (χ4v) is 2.71. The highest BCUT2D eigenvalue weighted by molar-refractivity contribution is 8.00. The fraction of sp³-hybridized carbons (Fsp3) is 0.538. The van der Waals surface area contributed by atoms with Crippen molar-refractivity contribution < 1.29 is 4.79 Å². The number of aryl methyl sites for hydroxylation is 2. The van der Waals surface area contributed by atoms with E-state index >= 15 is 0 Å². The van der Waals surface area contributed by atoms with Gasteiger partial charge in [-0.15, -0.1) is 5.10 Å². The topological polar surface area (TPSA) is 72.2 Å². The monoisotopic (exact) mass is 291 g/mol. The molecule has 1 aliphatic rings. The number of thioether (sulfide) groups is 1. The lowest BCUT2D eigenvalue weighted by atomic mass is 10.4. The number of nitrogens with zero attached hydrogens (tertiary/aromatic N) is 4. The first kappa shape index (κ1) is 13.4. The quantitative estimate of drug-likeness (QED) is 0.864. The highest BCUT2D eigenvalue weighted by Crippen LogP contribution is 2.23. The van der Waals surface area contributed by atoms with Crippen LogP contribution in [0.5, 0.6) is 0 Å². The Balaban J connectivity index is 1.76. The Morgan fingerprint density at radius 1 is 1.45 bits per heavy atom. The molecule has 0 aliphatic heterocycles. The molecule has 1 fully saturated rings.